The van der Waals surface area contributed by atoms with Gasteiger partial charge in [0.1, 0.15) is 5.01 Å². The maximum absolute atomic E-state index is 11.8. The van der Waals surface area contributed by atoms with E-state index < -0.39 is 0 Å². The number of hydrogen-bond donors (Lipinski definition) is 1. The van der Waals surface area contributed by atoms with Crippen LogP contribution < -0.4 is 11.3 Å². The van der Waals surface area contributed by atoms with E-state index in [-0.39, 0.29) is 5.56 Å². The van der Waals surface area contributed by atoms with Crippen LogP contribution in [-0.2, 0) is 6.54 Å². The van der Waals surface area contributed by atoms with E-state index in [2.05, 4.69) is 15.0 Å². The fraction of sp³-hybridized carbons (Fsp3) is 0.583. The van der Waals surface area contributed by atoms with Gasteiger partial charge in [-0.05, 0) is 32.4 Å². The van der Waals surface area contributed by atoms with E-state index in [0.717, 1.165) is 43.3 Å². The second-order valence-corrected chi connectivity index (χ2v) is 6.09. The number of likely N-dealkylation sites (tertiary alicyclic amines) is 1. The van der Waals surface area contributed by atoms with Gasteiger partial charge in [-0.2, -0.15) is 9.61 Å². The average Bonchev–Trinajstić information content (AvgIpc) is 2.96. The number of nitrogens with two attached hydrogens (primary N) is 1. The first kappa shape index (κ1) is 12.7. The van der Waals surface area contributed by atoms with E-state index in [9.17, 15) is 4.79 Å². The predicted molar refractivity (Wildman–Crippen MR) is 74.3 cm³/mol. The number of fused-ring (bicyclic) bond motifs is 1. The monoisotopic (exact) mass is 279 g/mol. The molecule has 3 rings (SSSR count). The second-order valence-electron chi connectivity index (χ2n) is 5.05. The lowest BCUT2D eigenvalue weighted by Gasteiger charge is -2.12. The van der Waals surface area contributed by atoms with Gasteiger partial charge in [0.05, 0.1) is 6.54 Å². The summed E-state index contributed by atoms with van der Waals surface area (Å²) in [5.74, 6) is 0.595. The number of rotatable bonds is 3. The lowest BCUT2D eigenvalue weighted by molar-refractivity contribution is 0.316. The molecule has 0 radical (unpaired) electrons. The zero-order valence-corrected chi connectivity index (χ0v) is 11.7. The molecule has 0 bridgehead atoms. The van der Waals surface area contributed by atoms with E-state index in [1.165, 1.54) is 21.9 Å². The maximum Gasteiger partial charge on any atom is 0.275 e. The molecule has 1 atom stereocenters. The minimum atomic E-state index is -0.105. The molecule has 1 saturated heterocycles. The fourth-order valence-electron chi connectivity index (χ4n) is 2.46. The van der Waals surface area contributed by atoms with Crippen LogP contribution in [0.4, 0.5) is 0 Å². The lowest BCUT2D eigenvalue weighted by Crippen LogP contribution is -2.23. The second kappa shape index (κ2) is 4.99. The van der Waals surface area contributed by atoms with Gasteiger partial charge in [-0.25, -0.2) is 4.98 Å². The van der Waals surface area contributed by atoms with Gasteiger partial charge in [0.2, 0.25) is 4.96 Å². The predicted octanol–water partition coefficient (Wildman–Crippen LogP) is 0.240. The number of aromatic nitrogens is 3. The molecule has 102 valence electrons. The van der Waals surface area contributed by atoms with Crippen molar-refractivity contribution in [2.75, 3.05) is 19.6 Å². The first-order valence-electron chi connectivity index (χ1n) is 6.44. The van der Waals surface area contributed by atoms with E-state index in [1.807, 2.05) is 6.92 Å². The molecule has 7 heteroatoms. The van der Waals surface area contributed by atoms with Crippen LogP contribution in [0.1, 0.15) is 17.1 Å². The van der Waals surface area contributed by atoms with Gasteiger partial charge < -0.3 is 5.73 Å². The summed E-state index contributed by atoms with van der Waals surface area (Å²) in [6, 6.07) is 1.51. The average molecular weight is 279 g/mol. The first-order valence-corrected chi connectivity index (χ1v) is 7.26. The lowest BCUT2D eigenvalue weighted by atomic mass is 10.1. The molecule has 1 unspecified atom stereocenters. The Hall–Kier alpha value is -1.31. The highest BCUT2D eigenvalue weighted by molar-refractivity contribution is 7.16. The molecule has 1 aliphatic heterocycles. The number of hydrogen-bond acceptors (Lipinski definition) is 6. The van der Waals surface area contributed by atoms with Crippen LogP contribution in [0.25, 0.3) is 4.96 Å². The van der Waals surface area contributed by atoms with E-state index in [1.54, 1.807) is 0 Å². The Labute approximate surface area is 114 Å². The molecule has 0 amide bonds. The highest BCUT2D eigenvalue weighted by atomic mass is 32.1. The molecule has 2 aromatic rings. The molecular weight excluding hydrogens is 262 g/mol. The Bertz CT molecular complexity index is 649. The fourth-order valence-corrected chi connectivity index (χ4v) is 3.45. The molecule has 6 nitrogen and oxygen atoms in total. The van der Waals surface area contributed by atoms with Crippen molar-refractivity contribution in [3.8, 4) is 0 Å². The molecule has 3 heterocycles. The molecule has 0 aliphatic carbocycles. The Morgan fingerprint density at radius 3 is 3.16 bits per heavy atom. The topological polar surface area (TPSA) is 76.5 Å². The third-order valence-electron chi connectivity index (χ3n) is 3.48. The Morgan fingerprint density at radius 1 is 1.58 bits per heavy atom. The molecule has 2 aromatic heterocycles. The largest absolute Gasteiger partial charge is 0.330 e. The minimum absolute atomic E-state index is 0.105. The van der Waals surface area contributed by atoms with E-state index >= 15 is 0 Å². The summed E-state index contributed by atoms with van der Waals surface area (Å²) in [4.78, 5) is 19.1. The van der Waals surface area contributed by atoms with Crippen LogP contribution >= 0.6 is 11.3 Å². The normalized spacial score (nSPS) is 20.4. The summed E-state index contributed by atoms with van der Waals surface area (Å²) in [5, 5.41) is 5.29. The minimum Gasteiger partial charge on any atom is -0.330 e. The zero-order chi connectivity index (χ0) is 13.4. The van der Waals surface area contributed by atoms with Crippen LogP contribution in [0, 0.1) is 12.8 Å². The summed E-state index contributed by atoms with van der Waals surface area (Å²) in [6.45, 7) is 5.43. The van der Waals surface area contributed by atoms with E-state index in [4.69, 9.17) is 5.73 Å². The van der Waals surface area contributed by atoms with Crippen molar-refractivity contribution in [3.05, 3.63) is 27.1 Å². The van der Waals surface area contributed by atoms with Gasteiger partial charge in [-0.1, -0.05) is 11.3 Å². The quantitative estimate of drug-likeness (QED) is 0.871. The van der Waals surface area contributed by atoms with Crippen molar-refractivity contribution in [3.63, 3.8) is 0 Å². The Balaban J connectivity index is 1.82. The highest BCUT2D eigenvalue weighted by Crippen LogP contribution is 2.19. The van der Waals surface area contributed by atoms with Crippen LogP contribution in [0.5, 0.6) is 0 Å². The molecule has 0 spiro atoms. The summed E-state index contributed by atoms with van der Waals surface area (Å²) < 4.78 is 1.39. The van der Waals surface area contributed by atoms with Crippen LogP contribution in [0.15, 0.2) is 10.9 Å². The summed E-state index contributed by atoms with van der Waals surface area (Å²) in [6.07, 6.45) is 1.15. The van der Waals surface area contributed by atoms with Crippen molar-refractivity contribution >= 4 is 16.3 Å². The standard InChI is InChI=1S/C12H17N5OS/c1-8-4-11(18)17-12(14-8)19-10(15-17)7-16-3-2-9(5-13)6-16/h4,9H,2-3,5-7,13H2,1H3. The van der Waals surface area contributed by atoms with Crippen molar-refractivity contribution in [1.29, 1.82) is 0 Å². The number of nitrogens with zero attached hydrogens (tertiary/aromatic N) is 4. The maximum atomic E-state index is 11.8. The molecule has 1 aliphatic rings. The Morgan fingerprint density at radius 2 is 2.42 bits per heavy atom. The van der Waals surface area contributed by atoms with Gasteiger partial charge >= 0.3 is 0 Å². The van der Waals surface area contributed by atoms with Gasteiger partial charge in [-0.15, -0.1) is 0 Å². The van der Waals surface area contributed by atoms with Crippen molar-refractivity contribution in [1.82, 2.24) is 19.5 Å². The first-order chi connectivity index (χ1) is 9.15. The SMILES string of the molecule is Cc1cc(=O)n2nc(CN3CCC(CN)C3)sc2n1. The molecule has 0 aromatic carbocycles. The smallest absolute Gasteiger partial charge is 0.275 e. The van der Waals surface area contributed by atoms with Gasteiger partial charge in [0.15, 0.2) is 0 Å². The van der Waals surface area contributed by atoms with Crippen LogP contribution in [0.2, 0.25) is 0 Å². The molecule has 0 saturated carbocycles. The molecule has 19 heavy (non-hydrogen) atoms. The zero-order valence-electron chi connectivity index (χ0n) is 10.9. The summed E-state index contributed by atoms with van der Waals surface area (Å²) in [7, 11) is 0. The Kier molecular flexibility index (Phi) is 3.34. The highest BCUT2D eigenvalue weighted by Gasteiger charge is 2.22. The van der Waals surface area contributed by atoms with Crippen LogP contribution in [0.3, 0.4) is 0 Å². The van der Waals surface area contributed by atoms with Crippen molar-refractivity contribution in [2.45, 2.75) is 19.9 Å². The van der Waals surface area contributed by atoms with Crippen molar-refractivity contribution in [2.24, 2.45) is 11.7 Å². The summed E-state index contributed by atoms with van der Waals surface area (Å²) >= 11 is 1.49. The summed E-state index contributed by atoms with van der Waals surface area (Å²) in [5.41, 5.74) is 6.33. The molecule has 1 fully saturated rings. The number of aryl methyl sites for hydroxylation is 1. The van der Waals surface area contributed by atoms with Gasteiger partial charge in [0, 0.05) is 18.3 Å². The third kappa shape index (κ3) is 2.54. The van der Waals surface area contributed by atoms with Gasteiger partial charge in [0.25, 0.3) is 5.56 Å². The molecular formula is C12H17N5OS. The van der Waals surface area contributed by atoms with Crippen LogP contribution in [-0.4, -0.2) is 39.1 Å². The molecule has 2 N–H and O–H groups in total. The van der Waals surface area contributed by atoms with E-state index in [0.29, 0.717) is 10.9 Å². The van der Waals surface area contributed by atoms with Crippen molar-refractivity contribution < 1.29 is 0 Å². The van der Waals surface area contributed by atoms with Gasteiger partial charge in [-0.3, -0.25) is 9.69 Å². The third-order valence-corrected chi connectivity index (χ3v) is 4.37.